The Labute approximate surface area is 181 Å². The average Bonchev–Trinajstić information content (AvgIpc) is 2.74. The highest BCUT2D eigenvalue weighted by Crippen LogP contribution is 2.43. The van der Waals surface area contributed by atoms with Crippen LogP contribution in [0.5, 0.6) is 0 Å². The average molecular weight is 426 g/mol. The number of nitrogens with one attached hydrogen (secondary N) is 1. The van der Waals surface area contributed by atoms with Gasteiger partial charge in [-0.2, -0.15) is 0 Å². The summed E-state index contributed by atoms with van der Waals surface area (Å²) < 4.78 is 10.2. The molecular weight excluding hydrogens is 402 g/mol. The lowest BCUT2D eigenvalue weighted by molar-refractivity contribution is -0.144. The molecule has 0 amide bonds. The molecule has 2 aromatic carbocycles. The minimum Gasteiger partial charge on any atom is -0.469 e. The highest BCUT2D eigenvalue weighted by Gasteiger charge is 2.41. The van der Waals surface area contributed by atoms with E-state index in [0.717, 1.165) is 22.4 Å². The molecule has 0 radical (unpaired) electrons. The summed E-state index contributed by atoms with van der Waals surface area (Å²) in [5, 5.41) is 3.88. The van der Waals surface area contributed by atoms with Crippen molar-refractivity contribution in [1.82, 2.24) is 0 Å². The van der Waals surface area contributed by atoms with Crippen molar-refractivity contribution in [3.8, 4) is 0 Å². The maximum Gasteiger partial charge on any atom is 0.336 e. The zero-order chi connectivity index (χ0) is 21.8. The Morgan fingerprint density at radius 1 is 0.933 bits per heavy atom. The lowest BCUT2D eigenvalue weighted by Crippen LogP contribution is -2.33. The summed E-state index contributed by atoms with van der Waals surface area (Å²) in [6.07, 6.45) is 1.81. The molecule has 0 bridgehead atoms. The lowest BCUT2D eigenvalue weighted by atomic mass is 9.73. The summed E-state index contributed by atoms with van der Waals surface area (Å²) >= 11 is 6.06. The van der Waals surface area contributed by atoms with Crippen molar-refractivity contribution in [3.05, 3.63) is 87.6 Å². The van der Waals surface area contributed by atoms with Crippen molar-refractivity contribution in [3.63, 3.8) is 0 Å². The number of aryl methyl sites for hydroxylation is 1. The lowest BCUT2D eigenvalue weighted by Gasteiger charge is -2.33. The molecule has 0 saturated carbocycles. The molecule has 156 valence electrons. The first-order chi connectivity index (χ1) is 14.3. The van der Waals surface area contributed by atoms with Gasteiger partial charge in [-0.1, -0.05) is 47.0 Å². The number of halogens is 1. The molecule has 0 aliphatic heterocycles. The molecule has 3 rings (SSSR count). The van der Waals surface area contributed by atoms with E-state index in [2.05, 4.69) is 5.32 Å². The maximum atomic E-state index is 12.9. The van der Waals surface area contributed by atoms with E-state index in [0.29, 0.717) is 16.3 Å². The van der Waals surface area contributed by atoms with Gasteiger partial charge in [0.25, 0.3) is 0 Å². The number of hydrogen-bond donors (Lipinski definition) is 1. The summed E-state index contributed by atoms with van der Waals surface area (Å²) in [4.78, 5) is 25.6. The molecule has 1 aliphatic carbocycles. The summed E-state index contributed by atoms with van der Waals surface area (Å²) in [6.45, 7) is 3.86. The fourth-order valence-electron chi connectivity index (χ4n) is 3.71. The van der Waals surface area contributed by atoms with E-state index in [1.807, 2.05) is 50.2 Å². The minimum atomic E-state index is -0.658. The van der Waals surface area contributed by atoms with Crippen molar-refractivity contribution in [2.24, 2.45) is 5.92 Å². The Morgan fingerprint density at radius 2 is 1.57 bits per heavy atom. The topological polar surface area (TPSA) is 64.6 Å². The predicted molar refractivity (Wildman–Crippen MR) is 117 cm³/mol. The van der Waals surface area contributed by atoms with Gasteiger partial charge >= 0.3 is 11.9 Å². The number of carbonyl (C=O) groups is 2. The summed E-state index contributed by atoms with van der Waals surface area (Å²) in [5.74, 6) is -2.17. The van der Waals surface area contributed by atoms with Gasteiger partial charge in [-0.15, -0.1) is 0 Å². The van der Waals surface area contributed by atoms with Crippen molar-refractivity contribution in [2.75, 3.05) is 19.5 Å². The number of carbonyl (C=O) groups excluding carboxylic acids is 2. The van der Waals surface area contributed by atoms with Crippen molar-refractivity contribution in [2.45, 2.75) is 19.8 Å². The van der Waals surface area contributed by atoms with E-state index in [1.54, 1.807) is 18.2 Å². The Kier molecular flexibility index (Phi) is 6.63. The zero-order valence-electron chi connectivity index (χ0n) is 17.4. The van der Waals surface area contributed by atoms with E-state index in [-0.39, 0.29) is 0 Å². The number of anilines is 1. The Bertz CT molecular complexity index is 1010. The first kappa shape index (κ1) is 21.7. The monoisotopic (exact) mass is 425 g/mol. The van der Waals surface area contributed by atoms with Crippen LogP contribution in [0.15, 0.2) is 71.5 Å². The molecule has 1 N–H and O–H groups in total. The van der Waals surface area contributed by atoms with Gasteiger partial charge in [0.15, 0.2) is 0 Å². The number of ether oxygens (including phenoxy) is 2. The minimum absolute atomic E-state index is 0.362. The molecule has 5 nitrogen and oxygen atoms in total. The second-order valence-corrected chi connectivity index (χ2v) is 7.66. The number of rotatable bonds is 5. The first-order valence-corrected chi connectivity index (χ1v) is 9.91. The molecule has 0 spiro atoms. The van der Waals surface area contributed by atoms with Crippen LogP contribution in [0, 0.1) is 12.8 Å². The molecule has 0 fully saturated rings. The fourth-order valence-corrected chi connectivity index (χ4v) is 3.84. The van der Waals surface area contributed by atoms with Gasteiger partial charge in [-0.05, 0) is 49.8 Å². The largest absolute Gasteiger partial charge is 0.469 e. The van der Waals surface area contributed by atoms with Crippen LogP contribution in [-0.4, -0.2) is 26.2 Å². The third-order valence-corrected chi connectivity index (χ3v) is 5.47. The maximum absolute atomic E-state index is 12.9. The number of methoxy groups -OCH3 is 2. The van der Waals surface area contributed by atoms with Crippen molar-refractivity contribution >= 4 is 29.2 Å². The summed E-state index contributed by atoms with van der Waals surface area (Å²) in [7, 11) is 2.67. The van der Waals surface area contributed by atoms with Crippen LogP contribution in [0.25, 0.3) is 0 Å². The van der Waals surface area contributed by atoms with Crippen LogP contribution in [0.3, 0.4) is 0 Å². The Balaban J connectivity index is 2.19. The van der Waals surface area contributed by atoms with Gasteiger partial charge in [0, 0.05) is 22.3 Å². The van der Waals surface area contributed by atoms with Gasteiger partial charge in [0.05, 0.1) is 25.7 Å². The fraction of sp³-hybridized carbons (Fsp3) is 0.250. The third kappa shape index (κ3) is 4.41. The Hall–Kier alpha value is -3.05. The van der Waals surface area contributed by atoms with Gasteiger partial charge in [-0.3, -0.25) is 4.79 Å². The molecule has 2 unspecified atom stereocenters. The van der Waals surface area contributed by atoms with E-state index >= 15 is 0 Å². The second-order valence-electron chi connectivity index (χ2n) is 7.23. The smallest absolute Gasteiger partial charge is 0.336 e. The molecule has 6 heteroatoms. The molecule has 2 atom stereocenters. The van der Waals surface area contributed by atoms with Gasteiger partial charge in [0.1, 0.15) is 0 Å². The number of benzene rings is 2. The van der Waals surface area contributed by atoms with Crippen molar-refractivity contribution < 1.29 is 19.1 Å². The molecule has 0 aromatic heterocycles. The molecule has 30 heavy (non-hydrogen) atoms. The van der Waals surface area contributed by atoms with Gasteiger partial charge < -0.3 is 14.8 Å². The second kappa shape index (κ2) is 9.18. The number of hydrogen-bond acceptors (Lipinski definition) is 5. The first-order valence-electron chi connectivity index (χ1n) is 9.53. The standard InChI is InChI=1S/C24H24ClNO4/c1-14-5-11-18(12-6-14)26-19-13-15(2)20(23(27)29-3)21(22(19)24(28)30-4)16-7-9-17(25)10-8-16/h5-13,20-21,26H,1-4H3. The van der Waals surface area contributed by atoms with Crippen LogP contribution in [-0.2, 0) is 19.1 Å². The quantitative estimate of drug-likeness (QED) is 0.681. The normalized spacial score (nSPS) is 18.5. The van der Waals surface area contributed by atoms with Crippen LogP contribution >= 0.6 is 11.6 Å². The molecule has 2 aromatic rings. The molecular formula is C24H24ClNO4. The molecule has 0 saturated heterocycles. The molecule has 1 aliphatic rings. The molecule has 0 heterocycles. The highest BCUT2D eigenvalue weighted by atomic mass is 35.5. The van der Waals surface area contributed by atoms with E-state index in [1.165, 1.54) is 14.2 Å². The van der Waals surface area contributed by atoms with Gasteiger partial charge in [-0.25, -0.2) is 4.79 Å². The third-order valence-electron chi connectivity index (χ3n) is 5.22. The van der Waals surface area contributed by atoms with Crippen LogP contribution in [0.4, 0.5) is 5.69 Å². The van der Waals surface area contributed by atoms with E-state index in [9.17, 15) is 9.59 Å². The number of esters is 2. The highest BCUT2D eigenvalue weighted by molar-refractivity contribution is 6.30. The SMILES string of the molecule is COC(=O)C1=C(Nc2ccc(C)cc2)C=C(C)C(C(=O)OC)C1c1ccc(Cl)cc1. The zero-order valence-corrected chi connectivity index (χ0v) is 18.1. The predicted octanol–water partition coefficient (Wildman–Crippen LogP) is 5.02. The summed E-state index contributed by atoms with van der Waals surface area (Å²) in [5.41, 5.74) is 4.45. The van der Waals surface area contributed by atoms with E-state index < -0.39 is 23.8 Å². The number of allylic oxidation sites excluding steroid dienone is 1. The van der Waals surface area contributed by atoms with E-state index in [4.69, 9.17) is 21.1 Å². The van der Waals surface area contributed by atoms with Crippen molar-refractivity contribution in [1.29, 1.82) is 0 Å². The summed E-state index contributed by atoms with van der Waals surface area (Å²) in [6, 6.07) is 14.9. The van der Waals surface area contributed by atoms with Crippen LogP contribution in [0.2, 0.25) is 5.02 Å². The van der Waals surface area contributed by atoms with Crippen LogP contribution < -0.4 is 5.32 Å². The Morgan fingerprint density at radius 3 is 2.13 bits per heavy atom. The van der Waals surface area contributed by atoms with Gasteiger partial charge in [0.2, 0.25) is 0 Å². The van der Waals surface area contributed by atoms with Crippen LogP contribution in [0.1, 0.15) is 24.0 Å².